The van der Waals surface area contributed by atoms with Gasteiger partial charge in [0.2, 0.25) is 0 Å². The number of benzene rings is 1. The second kappa shape index (κ2) is 5.01. The molecule has 6 heteroatoms. The first-order valence-corrected chi connectivity index (χ1v) is 6.45. The molecule has 0 bridgehead atoms. The summed E-state index contributed by atoms with van der Waals surface area (Å²) in [7, 11) is 0. The molecule has 0 saturated heterocycles. The summed E-state index contributed by atoms with van der Waals surface area (Å²) in [4.78, 5) is 8.09. The Morgan fingerprint density at radius 2 is 2.00 bits per heavy atom. The second-order valence-corrected chi connectivity index (χ2v) is 5.25. The van der Waals surface area contributed by atoms with Gasteiger partial charge in [-0.25, -0.2) is 9.97 Å². The van der Waals surface area contributed by atoms with Crippen LogP contribution in [0.15, 0.2) is 33.5 Å². The SMILES string of the molecule is Cc1c(N)ncnc1Nc1ccc(Br)cc1Br. The third-order valence-corrected chi connectivity index (χ3v) is 3.46. The smallest absolute Gasteiger partial charge is 0.138 e. The van der Waals surface area contributed by atoms with Gasteiger partial charge in [-0.15, -0.1) is 0 Å². The van der Waals surface area contributed by atoms with E-state index in [9.17, 15) is 0 Å². The Hall–Kier alpha value is -1.14. The van der Waals surface area contributed by atoms with E-state index in [1.54, 1.807) is 0 Å². The average molecular weight is 358 g/mol. The van der Waals surface area contributed by atoms with Gasteiger partial charge < -0.3 is 11.1 Å². The number of nitrogens with zero attached hydrogens (tertiary/aromatic N) is 2. The van der Waals surface area contributed by atoms with Crippen molar-refractivity contribution in [2.75, 3.05) is 11.1 Å². The molecule has 0 unspecified atom stereocenters. The van der Waals surface area contributed by atoms with E-state index in [2.05, 4.69) is 47.1 Å². The molecule has 0 saturated carbocycles. The lowest BCUT2D eigenvalue weighted by Gasteiger charge is -2.11. The Bertz CT molecular complexity index is 557. The molecule has 0 aliphatic rings. The van der Waals surface area contributed by atoms with Crippen LogP contribution in [-0.2, 0) is 0 Å². The van der Waals surface area contributed by atoms with E-state index >= 15 is 0 Å². The molecule has 0 aliphatic heterocycles. The minimum Gasteiger partial charge on any atom is -0.383 e. The molecule has 1 heterocycles. The molecular formula is C11H10Br2N4. The molecule has 0 fully saturated rings. The first-order valence-electron chi connectivity index (χ1n) is 4.87. The number of anilines is 3. The van der Waals surface area contributed by atoms with Crippen molar-refractivity contribution in [2.24, 2.45) is 0 Å². The first-order chi connectivity index (χ1) is 8.08. The highest BCUT2D eigenvalue weighted by molar-refractivity contribution is 9.11. The van der Waals surface area contributed by atoms with Crippen molar-refractivity contribution in [1.29, 1.82) is 0 Å². The predicted molar refractivity (Wildman–Crippen MR) is 76.3 cm³/mol. The second-order valence-electron chi connectivity index (χ2n) is 3.48. The van der Waals surface area contributed by atoms with Crippen LogP contribution in [-0.4, -0.2) is 9.97 Å². The molecule has 2 rings (SSSR count). The zero-order chi connectivity index (χ0) is 12.4. The molecule has 1 aromatic heterocycles. The highest BCUT2D eigenvalue weighted by atomic mass is 79.9. The van der Waals surface area contributed by atoms with Crippen molar-refractivity contribution in [2.45, 2.75) is 6.92 Å². The van der Waals surface area contributed by atoms with E-state index in [0.717, 1.165) is 20.2 Å². The third-order valence-electron chi connectivity index (χ3n) is 2.31. The van der Waals surface area contributed by atoms with Gasteiger partial charge in [-0.05, 0) is 41.1 Å². The number of nitrogens with one attached hydrogen (secondary N) is 1. The van der Waals surface area contributed by atoms with Crippen LogP contribution >= 0.6 is 31.9 Å². The van der Waals surface area contributed by atoms with Gasteiger partial charge in [0, 0.05) is 14.5 Å². The van der Waals surface area contributed by atoms with E-state index in [1.807, 2.05) is 25.1 Å². The summed E-state index contributed by atoms with van der Waals surface area (Å²) in [6, 6.07) is 5.86. The molecule has 88 valence electrons. The maximum atomic E-state index is 5.73. The minimum atomic E-state index is 0.482. The molecule has 1 aromatic carbocycles. The fraction of sp³-hybridized carbons (Fsp3) is 0.0909. The zero-order valence-corrected chi connectivity index (χ0v) is 12.2. The molecule has 17 heavy (non-hydrogen) atoms. The number of nitrogens with two attached hydrogens (primary N) is 1. The van der Waals surface area contributed by atoms with Crippen LogP contribution in [0.3, 0.4) is 0 Å². The van der Waals surface area contributed by atoms with E-state index in [-0.39, 0.29) is 0 Å². The van der Waals surface area contributed by atoms with Gasteiger partial charge in [-0.2, -0.15) is 0 Å². The van der Waals surface area contributed by atoms with Gasteiger partial charge >= 0.3 is 0 Å². The average Bonchev–Trinajstić information content (AvgIpc) is 2.28. The van der Waals surface area contributed by atoms with Gasteiger partial charge in [-0.3, -0.25) is 0 Å². The molecule has 0 atom stereocenters. The fourth-order valence-corrected chi connectivity index (χ4v) is 2.45. The summed E-state index contributed by atoms with van der Waals surface area (Å²) in [5, 5.41) is 3.21. The Morgan fingerprint density at radius 1 is 1.24 bits per heavy atom. The molecule has 2 aromatic rings. The van der Waals surface area contributed by atoms with Gasteiger partial charge in [0.05, 0.1) is 5.69 Å². The maximum Gasteiger partial charge on any atom is 0.138 e. The van der Waals surface area contributed by atoms with Crippen LogP contribution in [0.5, 0.6) is 0 Å². The van der Waals surface area contributed by atoms with Crippen molar-refractivity contribution in [1.82, 2.24) is 9.97 Å². The molecule has 0 aliphatic carbocycles. The lowest BCUT2D eigenvalue weighted by molar-refractivity contribution is 1.14. The van der Waals surface area contributed by atoms with Crippen LogP contribution in [0.4, 0.5) is 17.3 Å². The molecule has 4 nitrogen and oxygen atoms in total. The van der Waals surface area contributed by atoms with Crippen LogP contribution in [0.2, 0.25) is 0 Å². The lowest BCUT2D eigenvalue weighted by Crippen LogP contribution is -2.02. The largest absolute Gasteiger partial charge is 0.383 e. The third kappa shape index (κ3) is 2.76. The van der Waals surface area contributed by atoms with E-state index < -0.39 is 0 Å². The first kappa shape index (κ1) is 12.3. The van der Waals surface area contributed by atoms with Crippen LogP contribution in [0, 0.1) is 6.92 Å². The molecule has 0 spiro atoms. The van der Waals surface area contributed by atoms with Gasteiger partial charge in [0.25, 0.3) is 0 Å². The number of hydrogen-bond donors (Lipinski definition) is 2. The Kier molecular flexibility index (Phi) is 3.63. The van der Waals surface area contributed by atoms with Gasteiger partial charge in [0.15, 0.2) is 0 Å². The summed E-state index contributed by atoms with van der Waals surface area (Å²) in [5.41, 5.74) is 7.49. The van der Waals surface area contributed by atoms with Crippen LogP contribution in [0.1, 0.15) is 5.56 Å². The summed E-state index contributed by atoms with van der Waals surface area (Å²) >= 11 is 6.88. The predicted octanol–water partition coefficient (Wildman–Crippen LogP) is 3.64. The molecular weight excluding hydrogens is 348 g/mol. The monoisotopic (exact) mass is 356 g/mol. The van der Waals surface area contributed by atoms with Crippen LogP contribution < -0.4 is 11.1 Å². The van der Waals surface area contributed by atoms with Crippen molar-refractivity contribution in [3.8, 4) is 0 Å². The number of rotatable bonds is 2. The fourth-order valence-electron chi connectivity index (χ4n) is 1.31. The maximum absolute atomic E-state index is 5.73. The number of hydrogen-bond acceptors (Lipinski definition) is 4. The van der Waals surface area contributed by atoms with Gasteiger partial charge in [0.1, 0.15) is 18.0 Å². The number of halogens is 2. The van der Waals surface area contributed by atoms with Crippen molar-refractivity contribution in [3.05, 3.63) is 39.0 Å². The number of aromatic nitrogens is 2. The highest BCUT2D eigenvalue weighted by Gasteiger charge is 2.06. The Labute approximate surface area is 116 Å². The van der Waals surface area contributed by atoms with Crippen molar-refractivity contribution in [3.63, 3.8) is 0 Å². The topological polar surface area (TPSA) is 63.8 Å². The van der Waals surface area contributed by atoms with Gasteiger partial charge in [-0.1, -0.05) is 15.9 Å². The molecule has 0 amide bonds. The highest BCUT2D eigenvalue weighted by Crippen LogP contribution is 2.29. The quantitative estimate of drug-likeness (QED) is 0.861. The van der Waals surface area contributed by atoms with E-state index in [0.29, 0.717) is 11.6 Å². The summed E-state index contributed by atoms with van der Waals surface area (Å²) in [6.07, 6.45) is 1.44. The summed E-state index contributed by atoms with van der Waals surface area (Å²) in [5.74, 6) is 1.19. The van der Waals surface area contributed by atoms with E-state index in [4.69, 9.17) is 5.73 Å². The standard InChI is InChI=1S/C11H10Br2N4/c1-6-10(14)15-5-16-11(6)17-9-3-2-7(12)4-8(9)13/h2-5H,1H3,(H3,14,15,16,17). The Balaban J connectivity index is 2.35. The Morgan fingerprint density at radius 3 is 2.71 bits per heavy atom. The minimum absolute atomic E-state index is 0.482. The summed E-state index contributed by atoms with van der Waals surface area (Å²) < 4.78 is 1.96. The molecule has 0 radical (unpaired) electrons. The molecule has 3 N–H and O–H groups in total. The van der Waals surface area contributed by atoms with Crippen LogP contribution in [0.25, 0.3) is 0 Å². The zero-order valence-electron chi connectivity index (χ0n) is 9.04. The lowest BCUT2D eigenvalue weighted by atomic mass is 10.3. The normalized spacial score (nSPS) is 10.3. The van der Waals surface area contributed by atoms with E-state index in [1.165, 1.54) is 6.33 Å². The number of nitrogen functional groups attached to an aromatic ring is 1. The van der Waals surface area contributed by atoms with Crippen molar-refractivity contribution < 1.29 is 0 Å². The van der Waals surface area contributed by atoms with Crippen molar-refractivity contribution >= 4 is 49.2 Å². The summed E-state index contributed by atoms with van der Waals surface area (Å²) in [6.45, 7) is 1.88.